The summed E-state index contributed by atoms with van der Waals surface area (Å²) in [5, 5.41) is 12.3. The summed E-state index contributed by atoms with van der Waals surface area (Å²) in [6.45, 7) is 3.86. The second-order valence-electron chi connectivity index (χ2n) is 4.67. The fourth-order valence-corrected chi connectivity index (χ4v) is 1.82. The van der Waals surface area contributed by atoms with Crippen LogP contribution < -0.4 is 5.32 Å². The second kappa shape index (κ2) is 4.67. The molecule has 0 heterocycles. The van der Waals surface area contributed by atoms with E-state index in [1.807, 2.05) is 0 Å². The van der Waals surface area contributed by atoms with Crippen LogP contribution in [0.4, 0.5) is 0 Å². The first-order valence-electron chi connectivity index (χ1n) is 5.98. The predicted molar refractivity (Wildman–Crippen MR) is 64.8 cm³/mol. The molecule has 0 bridgehead atoms. The molecule has 16 heavy (non-hydrogen) atoms. The Bertz CT molecular complexity index is 382. The van der Waals surface area contributed by atoms with E-state index in [1.165, 1.54) is 11.1 Å². The van der Waals surface area contributed by atoms with Gasteiger partial charge in [0.25, 0.3) is 0 Å². The molecule has 0 unspecified atom stereocenters. The highest BCUT2D eigenvalue weighted by Gasteiger charge is 2.42. The van der Waals surface area contributed by atoms with Crippen molar-refractivity contribution in [2.45, 2.75) is 32.7 Å². The fraction of sp³-hybridized carbons (Fsp3) is 0.500. The lowest BCUT2D eigenvalue weighted by atomic mass is 10.1. The van der Waals surface area contributed by atoms with Gasteiger partial charge in [-0.1, -0.05) is 31.2 Å². The third-order valence-electron chi connectivity index (χ3n) is 3.31. The predicted octanol–water partition coefficient (Wildman–Crippen LogP) is 2.64. The number of benzene rings is 1. The van der Waals surface area contributed by atoms with E-state index in [-0.39, 0.29) is 5.41 Å². The number of nitrogens with zero attached hydrogens (tertiary/aromatic N) is 1. The maximum absolute atomic E-state index is 8.93. The minimum Gasteiger partial charge on any atom is -0.311 e. The van der Waals surface area contributed by atoms with Crippen molar-refractivity contribution in [1.82, 2.24) is 5.32 Å². The minimum atomic E-state index is -0.0383. The average Bonchev–Trinajstić information content (AvgIpc) is 3.11. The van der Waals surface area contributed by atoms with Crippen LogP contribution in [0.2, 0.25) is 0 Å². The van der Waals surface area contributed by atoms with Crippen LogP contribution >= 0.6 is 0 Å². The summed E-state index contributed by atoms with van der Waals surface area (Å²) in [5.74, 6) is 0. The number of nitrogens with one attached hydrogen (secondary N) is 1. The molecule has 1 aromatic rings. The highest BCUT2D eigenvalue weighted by Crippen LogP contribution is 2.44. The van der Waals surface area contributed by atoms with E-state index >= 15 is 0 Å². The molecule has 2 rings (SSSR count). The van der Waals surface area contributed by atoms with E-state index in [4.69, 9.17) is 5.26 Å². The Morgan fingerprint density at radius 3 is 2.38 bits per heavy atom. The normalized spacial score (nSPS) is 16.8. The SMILES string of the molecule is CCc1ccc(CNCC2(C#N)CC2)cc1. The van der Waals surface area contributed by atoms with Gasteiger partial charge in [-0.05, 0) is 30.4 Å². The highest BCUT2D eigenvalue weighted by molar-refractivity contribution is 5.22. The molecule has 0 spiro atoms. The molecule has 1 aliphatic carbocycles. The summed E-state index contributed by atoms with van der Waals surface area (Å²) in [6.07, 6.45) is 3.21. The monoisotopic (exact) mass is 214 g/mol. The maximum atomic E-state index is 8.93. The molecule has 2 heteroatoms. The molecule has 0 aromatic heterocycles. The van der Waals surface area contributed by atoms with Crippen LogP contribution in [0.15, 0.2) is 24.3 Å². The number of rotatable bonds is 5. The van der Waals surface area contributed by atoms with Crippen LogP contribution in [0.5, 0.6) is 0 Å². The lowest BCUT2D eigenvalue weighted by molar-refractivity contribution is 0.558. The first kappa shape index (κ1) is 11.2. The third-order valence-corrected chi connectivity index (χ3v) is 3.31. The Balaban J connectivity index is 1.79. The van der Waals surface area contributed by atoms with Crippen LogP contribution in [-0.2, 0) is 13.0 Å². The van der Waals surface area contributed by atoms with Crippen molar-refractivity contribution >= 4 is 0 Å². The molecule has 0 atom stereocenters. The van der Waals surface area contributed by atoms with Gasteiger partial charge in [0.1, 0.15) is 0 Å². The lowest BCUT2D eigenvalue weighted by Gasteiger charge is -2.08. The Morgan fingerprint density at radius 2 is 1.88 bits per heavy atom. The van der Waals surface area contributed by atoms with Gasteiger partial charge >= 0.3 is 0 Å². The summed E-state index contributed by atoms with van der Waals surface area (Å²) in [7, 11) is 0. The quantitative estimate of drug-likeness (QED) is 0.818. The second-order valence-corrected chi connectivity index (χ2v) is 4.67. The molecule has 2 nitrogen and oxygen atoms in total. The lowest BCUT2D eigenvalue weighted by Crippen LogP contribution is -2.22. The number of hydrogen-bond acceptors (Lipinski definition) is 2. The van der Waals surface area contributed by atoms with Gasteiger partial charge in [0.05, 0.1) is 11.5 Å². The van der Waals surface area contributed by atoms with Crippen LogP contribution in [-0.4, -0.2) is 6.54 Å². The van der Waals surface area contributed by atoms with E-state index in [9.17, 15) is 0 Å². The van der Waals surface area contributed by atoms with Crippen molar-refractivity contribution in [3.05, 3.63) is 35.4 Å². The van der Waals surface area contributed by atoms with Gasteiger partial charge in [-0.25, -0.2) is 0 Å². The molecule has 84 valence electrons. The van der Waals surface area contributed by atoms with E-state index in [0.717, 1.165) is 32.4 Å². The maximum Gasteiger partial charge on any atom is 0.0703 e. The molecule has 0 amide bonds. The zero-order valence-corrected chi connectivity index (χ0v) is 9.79. The molecule has 1 saturated carbocycles. The minimum absolute atomic E-state index is 0.0383. The van der Waals surface area contributed by atoms with Crippen molar-refractivity contribution in [3.63, 3.8) is 0 Å². The Hall–Kier alpha value is -1.33. The van der Waals surface area contributed by atoms with Gasteiger partial charge in [-0.3, -0.25) is 0 Å². The zero-order valence-electron chi connectivity index (χ0n) is 9.79. The molecule has 1 N–H and O–H groups in total. The van der Waals surface area contributed by atoms with E-state index in [0.29, 0.717) is 0 Å². The van der Waals surface area contributed by atoms with Gasteiger partial charge in [0, 0.05) is 13.1 Å². The fourth-order valence-electron chi connectivity index (χ4n) is 1.82. The molecule has 0 radical (unpaired) electrons. The molecule has 1 aromatic carbocycles. The number of hydrogen-bond donors (Lipinski definition) is 1. The largest absolute Gasteiger partial charge is 0.311 e. The molecule has 0 saturated heterocycles. The van der Waals surface area contributed by atoms with Gasteiger partial charge in [-0.2, -0.15) is 5.26 Å². The summed E-state index contributed by atoms with van der Waals surface area (Å²) in [5.41, 5.74) is 2.63. The first-order chi connectivity index (χ1) is 7.78. The van der Waals surface area contributed by atoms with E-state index < -0.39 is 0 Å². The molecular formula is C14H18N2. The smallest absolute Gasteiger partial charge is 0.0703 e. The van der Waals surface area contributed by atoms with Gasteiger partial charge in [-0.15, -0.1) is 0 Å². The summed E-state index contributed by atoms with van der Waals surface area (Å²) < 4.78 is 0. The van der Waals surface area contributed by atoms with Crippen LogP contribution in [0.1, 0.15) is 30.9 Å². The van der Waals surface area contributed by atoms with Crippen LogP contribution in [0.25, 0.3) is 0 Å². The molecule has 1 aliphatic rings. The number of nitriles is 1. The summed E-state index contributed by atoms with van der Waals surface area (Å²) in [6, 6.07) is 11.1. The summed E-state index contributed by atoms with van der Waals surface area (Å²) in [4.78, 5) is 0. The Labute approximate surface area is 97.3 Å². The van der Waals surface area contributed by atoms with E-state index in [1.54, 1.807) is 0 Å². The highest BCUT2D eigenvalue weighted by atomic mass is 14.9. The van der Waals surface area contributed by atoms with Crippen molar-refractivity contribution in [2.75, 3.05) is 6.54 Å². The standard InChI is InChI=1S/C14H18N2/c1-2-12-3-5-13(6-4-12)9-16-11-14(10-15)7-8-14/h3-6,16H,2,7-9,11H2,1H3. The zero-order chi connectivity index (χ0) is 11.4. The Morgan fingerprint density at radius 1 is 1.25 bits per heavy atom. The number of aryl methyl sites for hydroxylation is 1. The van der Waals surface area contributed by atoms with Crippen LogP contribution in [0.3, 0.4) is 0 Å². The third kappa shape index (κ3) is 2.62. The molecule has 1 fully saturated rings. The van der Waals surface area contributed by atoms with Crippen LogP contribution in [0, 0.1) is 16.7 Å². The Kier molecular flexibility index (Phi) is 3.26. The molecular weight excluding hydrogens is 196 g/mol. The van der Waals surface area contributed by atoms with Gasteiger partial charge < -0.3 is 5.32 Å². The van der Waals surface area contributed by atoms with Gasteiger partial charge in [0.15, 0.2) is 0 Å². The van der Waals surface area contributed by atoms with E-state index in [2.05, 4.69) is 42.6 Å². The van der Waals surface area contributed by atoms with Crippen molar-refractivity contribution in [3.8, 4) is 6.07 Å². The van der Waals surface area contributed by atoms with Crippen molar-refractivity contribution in [2.24, 2.45) is 5.41 Å². The van der Waals surface area contributed by atoms with Crippen molar-refractivity contribution in [1.29, 1.82) is 5.26 Å². The topological polar surface area (TPSA) is 35.8 Å². The first-order valence-corrected chi connectivity index (χ1v) is 5.98. The van der Waals surface area contributed by atoms with Crippen molar-refractivity contribution < 1.29 is 0 Å². The molecule has 0 aliphatic heterocycles. The van der Waals surface area contributed by atoms with Gasteiger partial charge in [0.2, 0.25) is 0 Å². The average molecular weight is 214 g/mol. The summed E-state index contributed by atoms with van der Waals surface area (Å²) >= 11 is 0.